The molecule has 1 saturated heterocycles. The van der Waals surface area contributed by atoms with E-state index in [0.29, 0.717) is 12.8 Å². The standard InChI is InChI=1S/C42H72N2O5/c1-3-5-7-9-11-13-15-17-19-21-23-25-27-29-31-33-41(46)48-38-36-44(40(45)35-43)37-39(38)49-42(47)34-32-30-28-26-24-22-20-18-16-14-12-10-8-6-4-2/h11-14,17-20,38-39H,3-10,15-16,21-37,43H2,1-2H3/t38-,39-/m1/s1. The van der Waals surface area contributed by atoms with Gasteiger partial charge in [0.15, 0.2) is 12.2 Å². The lowest BCUT2D eigenvalue weighted by atomic mass is 10.1. The van der Waals surface area contributed by atoms with Crippen molar-refractivity contribution in [3.05, 3.63) is 48.6 Å². The van der Waals surface area contributed by atoms with E-state index >= 15 is 0 Å². The molecule has 0 bridgehead atoms. The normalized spacial score (nSPS) is 16.6. The average Bonchev–Trinajstić information content (AvgIpc) is 3.49. The first-order valence-corrected chi connectivity index (χ1v) is 20.0. The molecule has 0 aromatic carbocycles. The Morgan fingerprint density at radius 1 is 0.531 bits per heavy atom. The van der Waals surface area contributed by atoms with Gasteiger partial charge in [-0.25, -0.2) is 0 Å². The van der Waals surface area contributed by atoms with E-state index in [4.69, 9.17) is 15.2 Å². The maximum atomic E-state index is 12.6. The Hall–Kier alpha value is -2.67. The molecular weight excluding hydrogens is 612 g/mol. The van der Waals surface area contributed by atoms with Gasteiger partial charge in [0.1, 0.15) is 0 Å². The van der Waals surface area contributed by atoms with Crippen molar-refractivity contribution in [1.82, 2.24) is 4.90 Å². The minimum absolute atomic E-state index is 0.126. The Balaban J connectivity index is 2.19. The largest absolute Gasteiger partial charge is 0.456 e. The fourth-order valence-electron chi connectivity index (χ4n) is 5.92. The average molecular weight is 685 g/mol. The van der Waals surface area contributed by atoms with Gasteiger partial charge in [0, 0.05) is 12.8 Å². The maximum Gasteiger partial charge on any atom is 0.306 e. The first kappa shape index (κ1) is 44.4. The lowest BCUT2D eigenvalue weighted by molar-refractivity contribution is -0.164. The summed E-state index contributed by atoms with van der Waals surface area (Å²) in [6.07, 6.45) is 42.2. The highest BCUT2D eigenvalue weighted by Gasteiger charge is 2.39. The molecule has 7 nitrogen and oxygen atoms in total. The summed E-state index contributed by atoms with van der Waals surface area (Å²) in [6.45, 7) is 4.77. The molecule has 0 aromatic heterocycles. The van der Waals surface area contributed by atoms with Gasteiger partial charge in [-0.1, -0.05) is 127 Å². The van der Waals surface area contributed by atoms with Crippen LogP contribution in [-0.2, 0) is 23.9 Å². The molecule has 49 heavy (non-hydrogen) atoms. The Kier molecular flexibility index (Phi) is 29.4. The van der Waals surface area contributed by atoms with Gasteiger partial charge in [-0.3, -0.25) is 14.4 Å². The van der Waals surface area contributed by atoms with Gasteiger partial charge in [-0.15, -0.1) is 0 Å². The Labute approximate surface area is 300 Å². The minimum Gasteiger partial charge on any atom is -0.456 e. The number of allylic oxidation sites excluding steroid dienone is 8. The highest BCUT2D eigenvalue weighted by molar-refractivity contribution is 5.79. The van der Waals surface area contributed by atoms with Gasteiger partial charge in [0.25, 0.3) is 0 Å². The van der Waals surface area contributed by atoms with Gasteiger partial charge < -0.3 is 20.1 Å². The van der Waals surface area contributed by atoms with E-state index < -0.39 is 12.2 Å². The van der Waals surface area contributed by atoms with Crippen LogP contribution in [0.4, 0.5) is 0 Å². The number of carbonyl (C=O) groups is 3. The molecule has 7 heteroatoms. The summed E-state index contributed by atoms with van der Waals surface area (Å²) in [5, 5.41) is 0. The maximum absolute atomic E-state index is 12.6. The Morgan fingerprint density at radius 3 is 1.24 bits per heavy atom. The predicted octanol–water partition coefficient (Wildman–Crippen LogP) is 10.2. The van der Waals surface area contributed by atoms with Crippen LogP contribution in [0.3, 0.4) is 0 Å². The Morgan fingerprint density at radius 2 is 0.878 bits per heavy atom. The number of nitrogens with two attached hydrogens (primary N) is 1. The molecule has 1 fully saturated rings. The van der Waals surface area contributed by atoms with Crippen molar-refractivity contribution < 1.29 is 23.9 Å². The molecule has 0 aliphatic carbocycles. The third-order valence-corrected chi connectivity index (χ3v) is 8.97. The quantitative estimate of drug-likeness (QED) is 0.0443. The summed E-state index contributed by atoms with van der Waals surface area (Å²) in [5.74, 6) is -0.831. The minimum atomic E-state index is -0.644. The first-order valence-electron chi connectivity index (χ1n) is 20.0. The second-order valence-corrected chi connectivity index (χ2v) is 13.5. The monoisotopic (exact) mass is 685 g/mol. The third kappa shape index (κ3) is 25.9. The lowest BCUT2D eigenvalue weighted by Crippen LogP contribution is -2.35. The molecule has 0 spiro atoms. The predicted molar refractivity (Wildman–Crippen MR) is 204 cm³/mol. The molecule has 1 heterocycles. The molecule has 0 aromatic rings. The number of hydrogen-bond donors (Lipinski definition) is 1. The van der Waals surface area contributed by atoms with E-state index in [-0.39, 0.29) is 37.5 Å². The van der Waals surface area contributed by atoms with Crippen molar-refractivity contribution in [2.24, 2.45) is 5.73 Å². The molecule has 280 valence electrons. The summed E-state index contributed by atoms with van der Waals surface area (Å²) in [4.78, 5) is 39.0. The smallest absolute Gasteiger partial charge is 0.306 e. The van der Waals surface area contributed by atoms with Crippen LogP contribution >= 0.6 is 0 Å². The summed E-state index contributed by atoms with van der Waals surface area (Å²) in [6, 6.07) is 0. The highest BCUT2D eigenvalue weighted by atomic mass is 16.6. The molecule has 0 radical (unpaired) electrons. The Bertz CT molecular complexity index is 889. The number of esters is 2. The number of ether oxygens (including phenoxy) is 2. The van der Waals surface area contributed by atoms with Crippen LogP contribution in [0.2, 0.25) is 0 Å². The van der Waals surface area contributed by atoms with Crippen LogP contribution in [0, 0.1) is 0 Å². The van der Waals surface area contributed by atoms with Gasteiger partial charge in [-0.2, -0.15) is 0 Å². The molecule has 1 aliphatic heterocycles. The number of nitrogens with zero attached hydrogens (tertiary/aromatic N) is 1. The van der Waals surface area contributed by atoms with E-state index in [1.807, 2.05) is 0 Å². The van der Waals surface area contributed by atoms with Gasteiger partial charge in [0.2, 0.25) is 5.91 Å². The molecule has 0 unspecified atom stereocenters. The van der Waals surface area contributed by atoms with Crippen LogP contribution < -0.4 is 5.73 Å². The summed E-state index contributed by atoms with van der Waals surface area (Å²) in [7, 11) is 0. The fourth-order valence-corrected chi connectivity index (χ4v) is 5.92. The molecule has 1 amide bonds. The third-order valence-electron chi connectivity index (χ3n) is 8.97. The number of likely N-dealkylation sites (tertiary alicyclic amines) is 1. The molecule has 1 aliphatic rings. The van der Waals surface area contributed by atoms with Gasteiger partial charge in [0.05, 0.1) is 19.6 Å². The number of carbonyl (C=O) groups excluding carboxylic acids is 3. The second kappa shape index (κ2) is 32.5. The van der Waals surface area contributed by atoms with Gasteiger partial charge in [-0.05, 0) is 77.0 Å². The zero-order valence-corrected chi connectivity index (χ0v) is 31.4. The molecule has 2 atom stereocenters. The van der Waals surface area contributed by atoms with E-state index in [9.17, 15) is 14.4 Å². The van der Waals surface area contributed by atoms with Crippen LogP contribution in [0.25, 0.3) is 0 Å². The summed E-state index contributed by atoms with van der Waals surface area (Å²) in [5.41, 5.74) is 5.57. The summed E-state index contributed by atoms with van der Waals surface area (Å²) >= 11 is 0. The zero-order chi connectivity index (χ0) is 35.6. The van der Waals surface area contributed by atoms with E-state index in [2.05, 4.69) is 62.5 Å². The van der Waals surface area contributed by atoms with Crippen LogP contribution in [0.5, 0.6) is 0 Å². The SMILES string of the molecule is CCCCCC=CCC=CCCCCCCCC(=O)O[C@@H]1CN(C(=O)CN)C[C@H]1OC(=O)CCCCCCCC=CCC=CCCCCC. The first-order chi connectivity index (χ1) is 24.0. The van der Waals surface area contributed by atoms with Crippen molar-refractivity contribution >= 4 is 17.8 Å². The lowest BCUT2D eigenvalue weighted by Gasteiger charge is -2.19. The van der Waals surface area contributed by atoms with Gasteiger partial charge >= 0.3 is 11.9 Å². The number of rotatable bonds is 31. The van der Waals surface area contributed by atoms with E-state index in [1.54, 1.807) is 0 Å². The van der Waals surface area contributed by atoms with Crippen molar-refractivity contribution in [3.63, 3.8) is 0 Å². The molecular formula is C42H72N2O5. The van der Waals surface area contributed by atoms with Crippen molar-refractivity contribution in [1.29, 1.82) is 0 Å². The highest BCUT2D eigenvalue weighted by Crippen LogP contribution is 2.20. The topological polar surface area (TPSA) is 98.9 Å². The molecule has 0 saturated carbocycles. The van der Waals surface area contributed by atoms with Crippen molar-refractivity contribution in [2.75, 3.05) is 19.6 Å². The van der Waals surface area contributed by atoms with Crippen LogP contribution in [0.1, 0.15) is 168 Å². The zero-order valence-electron chi connectivity index (χ0n) is 31.4. The number of amides is 1. The molecule has 2 N–H and O–H groups in total. The van der Waals surface area contributed by atoms with E-state index in [1.165, 1.54) is 56.3 Å². The fraction of sp³-hybridized carbons (Fsp3) is 0.738. The van der Waals surface area contributed by atoms with Crippen LogP contribution in [-0.4, -0.2) is 54.6 Å². The molecule has 1 rings (SSSR count). The van der Waals surface area contributed by atoms with E-state index in [0.717, 1.165) is 89.9 Å². The van der Waals surface area contributed by atoms with Crippen molar-refractivity contribution in [2.45, 2.75) is 180 Å². The van der Waals surface area contributed by atoms with Crippen molar-refractivity contribution in [3.8, 4) is 0 Å². The van der Waals surface area contributed by atoms with Crippen LogP contribution in [0.15, 0.2) is 48.6 Å². The second-order valence-electron chi connectivity index (χ2n) is 13.5. The number of hydrogen-bond acceptors (Lipinski definition) is 6. The number of unbranched alkanes of at least 4 members (excludes halogenated alkanes) is 16. The summed E-state index contributed by atoms with van der Waals surface area (Å²) < 4.78 is 11.5.